The normalized spacial score (nSPS) is 15.8. The van der Waals surface area contributed by atoms with Gasteiger partial charge in [-0.05, 0) is 0 Å². The van der Waals surface area contributed by atoms with E-state index in [1.54, 1.807) is 7.12 Å². The van der Waals surface area contributed by atoms with Crippen molar-refractivity contribution in [2.75, 3.05) is 24.6 Å². The van der Waals surface area contributed by atoms with Gasteiger partial charge < -0.3 is 0 Å². The van der Waals surface area contributed by atoms with E-state index < -0.39 is 0 Å². The van der Waals surface area contributed by atoms with E-state index in [0.29, 0.717) is 28.0 Å². The van der Waals surface area contributed by atoms with Gasteiger partial charge in [-0.15, -0.1) is 0 Å². The number of nitrogens with zero attached hydrogens (tertiary/aromatic N) is 7. The number of fused-ring (bicyclic) bond motifs is 2. The molecule has 1 aliphatic heterocycles. The Labute approximate surface area is 229 Å². The second-order valence-electron chi connectivity index (χ2n) is 8.50. The van der Waals surface area contributed by atoms with Gasteiger partial charge >= 0.3 is 230 Å². The van der Waals surface area contributed by atoms with Crippen LogP contribution in [0.3, 0.4) is 0 Å². The summed E-state index contributed by atoms with van der Waals surface area (Å²) in [4.78, 5) is 27.7. The van der Waals surface area contributed by atoms with Gasteiger partial charge in [0.25, 0.3) is 0 Å². The van der Waals surface area contributed by atoms with E-state index in [-0.39, 0.29) is 40.6 Å². The van der Waals surface area contributed by atoms with Crippen molar-refractivity contribution in [1.82, 2.24) is 27.5 Å². The molecule has 0 spiro atoms. The molecule has 0 bridgehead atoms. The van der Waals surface area contributed by atoms with Gasteiger partial charge in [0.1, 0.15) is 0 Å². The Balaban J connectivity index is 1.01. The van der Waals surface area contributed by atoms with Crippen molar-refractivity contribution in [2.24, 2.45) is 5.92 Å². The van der Waals surface area contributed by atoms with Gasteiger partial charge in [-0.3, -0.25) is 0 Å². The van der Waals surface area contributed by atoms with Crippen molar-refractivity contribution in [3.05, 3.63) is 69.2 Å². The first kappa shape index (κ1) is 23.3. The van der Waals surface area contributed by atoms with Crippen LogP contribution in [0.1, 0.15) is 6.42 Å². The van der Waals surface area contributed by atoms with Crippen molar-refractivity contribution in [3.8, 4) is 15.5 Å². The molecule has 0 saturated carbocycles. The first-order chi connectivity index (χ1) is 18.1. The van der Waals surface area contributed by atoms with Crippen molar-refractivity contribution >= 4 is 76.6 Å². The summed E-state index contributed by atoms with van der Waals surface area (Å²) in [6.45, 7) is 2.16. The third-order valence-corrected chi connectivity index (χ3v) is 12.9. The van der Waals surface area contributed by atoms with E-state index in [2.05, 4.69) is 25.3 Å². The molecular formula is C23H17N7O3S2Se2. The summed E-state index contributed by atoms with van der Waals surface area (Å²) in [5.74, 6) is 0.309. The Bertz CT molecular complexity index is 1870. The van der Waals surface area contributed by atoms with Crippen LogP contribution in [0.25, 0.3) is 29.6 Å². The monoisotopic (exact) mass is 663 g/mol. The molecule has 1 atom stereocenters. The zero-order valence-electron chi connectivity index (χ0n) is 19.0. The molecule has 0 aliphatic carbocycles. The number of anilines is 1. The Morgan fingerprint density at radius 1 is 0.811 bits per heavy atom. The Morgan fingerprint density at radius 3 is 2.08 bits per heavy atom. The third kappa shape index (κ3) is 4.23. The van der Waals surface area contributed by atoms with Gasteiger partial charge in [-0.2, -0.15) is 0 Å². The number of benzene rings is 2. The van der Waals surface area contributed by atoms with Crippen LogP contribution in [0.15, 0.2) is 58.1 Å². The summed E-state index contributed by atoms with van der Waals surface area (Å²) in [6.07, 6.45) is 0.960. The fourth-order valence-electron chi connectivity index (χ4n) is 4.29. The van der Waals surface area contributed by atoms with Gasteiger partial charge in [0.2, 0.25) is 0 Å². The molecule has 5 heterocycles. The van der Waals surface area contributed by atoms with Crippen LogP contribution in [0, 0.1) is 5.92 Å². The second kappa shape index (κ2) is 9.46. The van der Waals surface area contributed by atoms with E-state index in [0.717, 1.165) is 43.9 Å². The fourth-order valence-corrected chi connectivity index (χ4v) is 10.3. The molecule has 1 saturated heterocycles. The molecule has 0 unspecified atom stereocenters. The van der Waals surface area contributed by atoms with E-state index in [4.69, 9.17) is 4.74 Å². The summed E-state index contributed by atoms with van der Waals surface area (Å²) in [5.41, 5.74) is -0.0231. The predicted molar refractivity (Wildman–Crippen MR) is 146 cm³/mol. The third-order valence-electron chi connectivity index (χ3n) is 6.13. The number of ether oxygens (including phenoxy) is 1. The number of aromatic nitrogens is 6. The summed E-state index contributed by atoms with van der Waals surface area (Å²) in [7, 11) is 0. The molecule has 6 aromatic rings. The van der Waals surface area contributed by atoms with E-state index in [9.17, 15) is 9.59 Å². The van der Waals surface area contributed by atoms with Crippen LogP contribution < -0.4 is 20.8 Å². The minimum absolute atomic E-state index is 0.00290. The quantitative estimate of drug-likeness (QED) is 0.250. The molecule has 0 N–H and O–H groups in total. The molecule has 1 fully saturated rings. The number of hydrogen-bond donors (Lipinski definition) is 0. The number of hydrogen-bond acceptors (Lipinski definition) is 10. The Kier molecular flexibility index (Phi) is 5.95. The zero-order chi connectivity index (χ0) is 24.9. The topological polar surface area (TPSA) is 108 Å². The van der Waals surface area contributed by atoms with Crippen LogP contribution >= 0.6 is 22.7 Å². The van der Waals surface area contributed by atoms with Crippen molar-refractivity contribution < 1.29 is 4.74 Å². The second-order valence-corrected chi connectivity index (χ2v) is 14.5. The molecule has 0 amide bonds. The fraction of sp³-hybridized carbons (Fsp3) is 0.217. The number of rotatable bonds is 6. The molecule has 186 valence electrons. The van der Waals surface area contributed by atoms with Crippen LogP contribution in [0.4, 0.5) is 5.13 Å². The molecule has 7 rings (SSSR count). The summed E-state index contributed by atoms with van der Waals surface area (Å²) in [6, 6.07) is 15.4. The SMILES string of the molecule is O=c1c2ccccc2[se]n1-c1nnc(OC[C@@H]2CCN(c3nnc(-n4[se]c5ccccc5c4=O)s3)C2)s1. The molecule has 14 heteroatoms. The maximum atomic E-state index is 12.8. The standard InChI is InChI=1S/C23H17N7O3S2Se2/c31-18-14-5-1-3-7-16(14)36-29(18)21-25-24-20(34-21)28-10-9-13(11-28)12-33-23-27-26-22(35-23)30-19(32)15-6-2-4-8-17(15)37-30/h1-8,13H,9-12H2/t13-/m1/s1. The predicted octanol–water partition coefficient (Wildman–Crippen LogP) is 2.02. The molecule has 1 aliphatic rings. The molecule has 37 heavy (non-hydrogen) atoms. The summed E-state index contributed by atoms with van der Waals surface area (Å²) < 4.78 is 11.6. The minimum atomic E-state index is -0.138. The molecular weight excluding hydrogens is 644 g/mol. The van der Waals surface area contributed by atoms with E-state index in [1.807, 2.05) is 48.5 Å². The first-order valence-electron chi connectivity index (χ1n) is 11.4. The molecule has 4 aromatic heterocycles. The molecule has 2 aromatic carbocycles. The molecule has 10 nitrogen and oxygen atoms in total. The zero-order valence-corrected chi connectivity index (χ0v) is 24.1. The van der Waals surface area contributed by atoms with E-state index >= 15 is 0 Å². The van der Waals surface area contributed by atoms with Gasteiger partial charge in [-0.1, -0.05) is 0 Å². The first-order valence-corrected chi connectivity index (χ1v) is 16.3. The Hall–Kier alpha value is -2.86. The summed E-state index contributed by atoms with van der Waals surface area (Å²) in [5, 5.41) is 21.1. The van der Waals surface area contributed by atoms with Crippen LogP contribution in [0.5, 0.6) is 5.19 Å². The average Bonchev–Trinajstić information content (AvgIpc) is 3.74. The maximum absolute atomic E-state index is 12.8. The van der Waals surface area contributed by atoms with Crippen molar-refractivity contribution in [3.63, 3.8) is 0 Å². The van der Waals surface area contributed by atoms with Crippen LogP contribution in [0.2, 0.25) is 0 Å². The van der Waals surface area contributed by atoms with Crippen molar-refractivity contribution in [2.45, 2.75) is 6.42 Å². The van der Waals surface area contributed by atoms with E-state index in [1.165, 1.54) is 22.7 Å². The van der Waals surface area contributed by atoms with Crippen LogP contribution in [-0.4, -0.2) is 76.7 Å². The average molecular weight is 661 g/mol. The van der Waals surface area contributed by atoms with Gasteiger partial charge in [0, 0.05) is 0 Å². The molecule has 0 radical (unpaired) electrons. The van der Waals surface area contributed by atoms with Crippen LogP contribution in [-0.2, 0) is 0 Å². The van der Waals surface area contributed by atoms with Crippen molar-refractivity contribution in [1.29, 1.82) is 0 Å². The van der Waals surface area contributed by atoms with Gasteiger partial charge in [-0.25, -0.2) is 0 Å². The van der Waals surface area contributed by atoms with Gasteiger partial charge in [0.05, 0.1) is 0 Å². The van der Waals surface area contributed by atoms with Gasteiger partial charge in [0.15, 0.2) is 0 Å². The Morgan fingerprint density at radius 2 is 1.41 bits per heavy atom. The summed E-state index contributed by atoms with van der Waals surface area (Å²) >= 11 is 2.51.